The lowest BCUT2D eigenvalue weighted by atomic mass is 10.1. The van der Waals surface area contributed by atoms with Gasteiger partial charge in [0.1, 0.15) is 16.5 Å². The molecule has 3 rings (SSSR count). The predicted octanol–water partition coefficient (Wildman–Crippen LogP) is 3.95. The first kappa shape index (κ1) is 11.9. The highest BCUT2D eigenvalue weighted by molar-refractivity contribution is 7.18. The molecule has 2 aromatic rings. The van der Waals surface area contributed by atoms with Gasteiger partial charge in [-0.25, -0.2) is 9.97 Å². The molecule has 18 heavy (non-hydrogen) atoms. The second-order valence-corrected chi connectivity index (χ2v) is 6.61. The average Bonchev–Trinajstić information content (AvgIpc) is 2.92. The molecule has 0 spiro atoms. The molecule has 3 nitrogen and oxygen atoms in total. The van der Waals surface area contributed by atoms with Gasteiger partial charge in [-0.2, -0.15) is 0 Å². The van der Waals surface area contributed by atoms with Crippen molar-refractivity contribution in [2.45, 2.75) is 39.0 Å². The zero-order chi connectivity index (χ0) is 12.7. The van der Waals surface area contributed by atoms with Crippen LogP contribution in [0.5, 0.6) is 0 Å². The minimum atomic E-state index is 0.555. The lowest BCUT2D eigenvalue weighted by Gasteiger charge is -2.10. The Morgan fingerprint density at radius 2 is 2.17 bits per heavy atom. The number of hydrogen-bond acceptors (Lipinski definition) is 4. The lowest BCUT2D eigenvalue weighted by molar-refractivity contribution is 0.587. The van der Waals surface area contributed by atoms with Gasteiger partial charge in [0.2, 0.25) is 0 Å². The molecule has 0 aliphatic heterocycles. The second-order valence-electron chi connectivity index (χ2n) is 5.37. The van der Waals surface area contributed by atoms with Crippen LogP contribution in [0.1, 0.15) is 42.8 Å². The molecule has 0 amide bonds. The Balaban J connectivity index is 2.07. The van der Waals surface area contributed by atoms with E-state index < -0.39 is 0 Å². The number of fused-ring (bicyclic) bond motifs is 1. The van der Waals surface area contributed by atoms with Gasteiger partial charge in [0, 0.05) is 17.8 Å². The van der Waals surface area contributed by atoms with E-state index >= 15 is 0 Å². The highest BCUT2D eigenvalue weighted by atomic mass is 32.1. The van der Waals surface area contributed by atoms with E-state index in [0.717, 1.165) is 27.8 Å². The number of aryl methyl sites for hydroxylation is 1. The van der Waals surface area contributed by atoms with E-state index in [0.29, 0.717) is 5.92 Å². The molecule has 0 bridgehead atoms. The van der Waals surface area contributed by atoms with Crippen molar-refractivity contribution in [3.8, 4) is 0 Å². The van der Waals surface area contributed by atoms with Crippen LogP contribution in [-0.4, -0.2) is 17.0 Å². The van der Waals surface area contributed by atoms with Gasteiger partial charge in [-0.15, -0.1) is 11.3 Å². The quantitative estimate of drug-likeness (QED) is 0.889. The van der Waals surface area contributed by atoms with Crippen LogP contribution < -0.4 is 5.32 Å². The van der Waals surface area contributed by atoms with E-state index in [4.69, 9.17) is 9.97 Å². The van der Waals surface area contributed by atoms with E-state index in [9.17, 15) is 0 Å². The predicted molar refractivity (Wildman–Crippen MR) is 77.5 cm³/mol. The van der Waals surface area contributed by atoms with Gasteiger partial charge < -0.3 is 5.32 Å². The van der Waals surface area contributed by atoms with E-state index in [1.165, 1.54) is 24.1 Å². The Labute approximate surface area is 112 Å². The molecule has 0 radical (unpaired) electrons. The number of rotatable bonds is 2. The lowest BCUT2D eigenvalue weighted by Crippen LogP contribution is -2.04. The molecule has 1 saturated carbocycles. The van der Waals surface area contributed by atoms with Crippen LogP contribution in [0.2, 0.25) is 0 Å². The summed E-state index contributed by atoms with van der Waals surface area (Å²) < 4.78 is 0. The van der Waals surface area contributed by atoms with Crippen LogP contribution >= 0.6 is 11.3 Å². The van der Waals surface area contributed by atoms with Gasteiger partial charge in [0.05, 0.1) is 5.39 Å². The monoisotopic (exact) mass is 261 g/mol. The Hall–Kier alpha value is -1.16. The van der Waals surface area contributed by atoms with Crippen molar-refractivity contribution in [2.24, 2.45) is 5.92 Å². The summed E-state index contributed by atoms with van der Waals surface area (Å²) in [5.74, 6) is 3.40. The summed E-state index contributed by atoms with van der Waals surface area (Å²) in [4.78, 5) is 11.9. The minimum Gasteiger partial charge on any atom is -0.372 e. The van der Waals surface area contributed by atoms with Gasteiger partial charge >= 0.3 is 0 Å². The maximum Gasteiger partial charge on any atom is 0.138 e. The van der Waals surface area contributed by atoms with Crippen molar-refractivity contribution in [1.29, 1.82) is 0 Å². The Kier molecular flexibility index (Phi) is 2.98. The summed E-state index contributed by atoms with van der Waals surface area (Å²) in [5, 5.41) is 4.38. The van der Waals surface area contributed by atoms with Crippen molar-refractivity contribution in [3.05, 3.63) is 16.8 Å². The molecule has 0 aromatic carbocycles. The molecule has 4 heteroatoms. The average molecular weight is 261 g/mol. The topological polar surface area (TPSA) is 37.8 Å². The molecule has 0 saturated heterocycles. The number of hydrogen-bond donors (Lipinski definition) is 1. The maximum atomic E-state index is 4.79. The summed E-state index contributed by atoms with van der Waals surface area (Å²) in [6, 6.07) is 2.17. The van der Waals surface area contributed by atoms with Crippen LogP contribution in [0.15, 0.2) is 6.07 Å². The molecule has 2 heterocycles. The SMILES string of the molecule is CNc1nc(C2CCC(C)C2)nc2sc(C)cc12. The van der Waals surface area contributed by atoms with Crippen LogP contribution in [0.3, 0.4) is 0 Å². The molecule has 1 N–H and O–H groups in total. The van der Waals surface area contributed by atoms with Crippen molar-refractivity contribution in [3.63, 3.8) is 0 Å². The van der Waals surface area contributed by atoms with Gasteiger partial charge in [-0.05, 0) is 38.2 Å². The number of nitrogens with zero attached hydrogens (tertiary/aromatic N) is 2. The zero-order valence-electron chi connectivity index (χ0n) is 11.2. The van der Waals surface area contributed by atoms with Crippen molar-refractivity contribution >= 4 is 27.4 Å². The number of nitrogens with one attached hydrogen (secondary N) is 1. The zero-order valence-corrected chi connectivity index (χ0v) is 12.0. The number of anilines is 1. The third-order valence-electron chi connectivity index (χ3n) is 3.83. The summed E-state index contributed by atoms with van der Waals surface area (Å²) in [5.41, 5.74) is 0. The van der Waals surface area contributed by atoms with Crippen LogP contribution in [0.25, 0.3) is 10.2 Å². The maximum absolute atomic E-state index is 4.79. The number of aromatic nitrogens is 2. The van der Waals surface area contributed by atoms with Crippen molar-refractivity contribution in [1.82, 2.24) is 9.97 Å². The Bertz CT molecular complexity index is 576. The summed E-state index contributed by atoms with van der Waals surface area (Å²) in [6.07, 6.45) is 3.78. The summed E-state index contributed by atoms with van der Waals surface area (Å²) in [6.45, 7) is 4.45. The molecule has 2 atom stereocenters. The van der Waals surface area contributed by atoms with Gasteiger partial charge in [-0.1, -0.05) is 6.92 Å². The van der Waals surface area contributed by atoms with Crippen LogP contribution in [-0.2, 0) is 0 Å². The standard InChI is InChI=1S/C14H19N3S/c1-8-4-5-10(6-8)12-16-13(15-3)11-7-9(2)18-14(11)17-12/h7-8,10H,4-6H2,1-3H3,(H,15,16,17). The van der Waals surface area contributed by atoms with E-state index in [1.54, 1.807) is 11.3 Å². The number of thiophene rings is 1. The Morgan fingerprint density at radius 1 is 1.33 bits per heavy atom. The van der Waals surface area contributed by atoms with E-state index in [1.807, 2.05) is 7.05 Å². The van der Waals surface area contributed by atoms with E-state index in [-0.39, 0.29) is 0 Å². The van der Waals surface area contributed by atoms with Crippen molar-refractivity contribution < 1.29 is 0 Å². The summed E-state index contributed by atoms with van der Waals surface area (Å²) in [7, 11) is 1.94. The van der Waals surface area contributed by atoms with Crippen molar-refractivity contribution in [2.75, 3.05) is 12.4 Å². The molecular weight excluding hydrogens is 242 g/mol. The smallest absolute Gasteiger partial charge is 0.138 e. The first-order valence-corrected chi connectivity index (χ1v) is 7.45. The molecule has 96 valence electrons. The molecule has 2 unspecified atom stereocenters. The molecule has 1 fully saturated rings. The van der Waals surface area contributed by atoms with Crippen LogP contribution in [0.4, 0.5) is 5.82 Å². The normalized spacial score (nSPS) is 23.7. The molecule has 1 aliphatic rings. The van der Waals surface area contributed by atoms with Gasteiger partial charge in [0.15, 0.2) is 0 Å². The minimum absolute atomic E-state index is 0.555. The fourth-order valence-electron chi connectivity index (χ4n) is 2.87. The van der Waals surface area contributed by atoms with Gasteiger partial charge in [0.25, 0.3) is 0 Å². The second kappa shape index (κ2) is 4.50. The first-order chi connectivity index (χ1) is 8.67. The fraction of sp³-hybridized carbons (Fsp3) is 0.571. The third-order valence-corrected chi connectivity index (χ3v) is 4.77. The first-order valence-electron chi connectivity index (χ1n) is 6.63. The van der Waals surface area contributed by atoms with E-state index in [2.05, 4.69) is 25.2 Å². The highest BCUT2D eigenvalue weighted by Gasteiger charge is 2.26. The largest absolute Gasteiger partial charge is 0.372 e. The molecular formula is C14H19N3S. The fourth-order valence-corrected chi connectivity index (χ4v) is 3.76. The highest BCUT2D eigenvalue weighted by Crippen LogP contribution is 2.38. The summed E-state index contributed by atoms with van der Waals surface area (Å²) >= 11 is 1.76. The van der Waals surface area contributed by atoms with Gasteiger partial charge in [-0.3, -0.25) is 0 Å². The third kappa shape index (κ3) is 1.99. The van der Waals surface area contributed by atoms with Crippen LogP contribution in [0, 0.1) is 12.8 Å². The molecule has 1 aliphatic carbocycles. The molecule has 2 aromatic heterocycles. The Morgan fingerprint density at radius 3 is 2.83 bits per heavy atom.